The molecule has 0 aliphatic rings. The Labute approximate surface area is 69.7 Å². The number of hydrogen-bond acceptors (Lipinski definition) is 5. The Morgan fingerprint density at radius 3 is 1.75 bits per heavy atom. The fraction of sp³-hybridized carbons (Fsp3) is 1.00. The maximum atomic E-state index is 10.7. The van der Waals surface area contributed by atoms with Crippen LogP contribution in [0.4, 0.5) is 0 Å². The van der Waals surface area contributed by atoms with Crippen molar-refractivity contribution < 1.29 is 19.5 Å². The van der Waals surface area contributed by atoms with Crippen molar-refractivity contribution in [2.24, 2.45) is 17.2 Å². The summed E-state index contributed by atoms with van der Waals surface area (Å²) in [4.78, 5) is 17.4. The van der Waals surface area contributed by atoms with Gasteiger partial charge in [0.1, 0.15) is 5.66 Å². The Bertz CT molecular complexity index is 209. The first-order valence-electron chi connectivity index (χ1n) is 3.12. The molecule has 0 spiro atoms. The Hall–Kier alpha value is -0.0100. The lowest BCUT2D eigenvalue weighted by atomic mass is 10.1. The molecule has 0 bridgehead atoms. The first-order chi connectivity index (χ1) is 5.06. The monoisotopic (exact) mass is 199 g/mol. The number of hydrogen-bond donors (Lipinski definition) is 6. The maximum absolute atomic E-state index is 10.7. The van der Waals surface area contributed by atoms with E-state index in [0.717, 1.165) is 6.92 Å². The first-order valence-corrected chi connectivity index (χ1v) is 4.73. The summed E-state index contributed by atoms with van der Waals surface area (Å²) in [7, 11) is -4.83. The number of rotatable bonds is 3. The van der Waals surface area contributed by atoms with Crippen LogP contribution < -0.4 is 17.2 Å². The predicted octanol–water partition coefficient (Wildman–Crippen LogP) is -2.55. The van der Waals surface area contributed by atoms with Crippen LogP contribution in [0.15, 0.2) is 0 Å². The van der Waals surface area contributed by atoms with Gasteiger partial charge in [0.15, 0.2) is 0 Å². The van der Waals surface area contributed by atoms with Gasteiger partial charge in [-0.3, -0.25) is 4.57 Å². The molecular weight excluding hydrogens is 185 g/mol. The van der Waals surface area contributed by atoms with Crippen molar-refractivity contribution in [2.75, 3.05) is 6.54 Å². The van der Waals surface area contributed by atoms with E-state index in [1.54, 1.807) is 0 Å². The van der Waals surface area contributed by atoms with Crippen LogP contribution in [0.25, 0.3) is 0 Å². The molecule has 0 amide bonds. The molecule has 0 saturated heterocycles. The molecule has 12 heavy (non-hydrogen) atoms. The normalized spacial score (nSPS) is 18.9. The quantitative estimate of drug-likeness (QED) is 0.216. The van der Waals surface area contributed by atoms with Gasteiger partial charge in [0.05, 0.1) is 0 Å². The summed E-state index contributed by atoms with van der Waals surface area (Å²) in [6, 6.07) is 0. The summed E-state index contributed by atoms with van der Waals surface area (Å²) in [6.45, 7) is 0.375. The molecule has 0 rings (SSSR count). The summed E-state index contributed by atoms with van der Waals surface area (Å²) < 4.78 is 10.7. The standard InChI is InChI=1S/C4H14N3O4P/c1-3(6,7)4(8,2-5)12(9,10)11/h8H,2,5-7H2,1H3,(H2,9,10,11). The Kier molecular flexibility index (Phi) is 3.04. The summed E-state index contributed by atoms with van der Waals surface area (Å²) in [5.41, 5.74) is 13.4. The van der Waals surface area contributed by atoms with Crippen molar-refractivity contribution in [2.45, 2.75) is 17.9 Å². The van der Waals surface area contributed by atoms with Crippen molar-refractivity contribution in [3.8, 4) is 0 Å². The van der Waals surface area contributed by atoms with Gasteiger partial charge < -0.3 is 32.1 Å². The highest BCUT2D eigenvalue weighted by atomic mass is 31.2. The highest BCUT2D eigenvalue weighted by Gasteiger charge is 2.54. The lowest BCUT2D eigenvalue weighted by Gasteiger charge is -2.38. The van der Waals surface area contributed by atoms with Gasteiger partial charge in [0.25, 0.3) is 0 Å². The van der Waals surface area contributed by atoms with E-state index in [1.807, 2.05) is 0 Å². The second kappa shape index (κ2) is 3.04. The predicted molar refractivity (Wildman–Crippen MR) is 42.8 cm³/mol. The van der Waals surface area contributed by atoms with Crippen LogP contribution in [0.5, 0.6) is 0 Å². The molecule has 0 heterocycles. The van der Waals surface area contributed by atoms with Gasteiger partial charge in [0.2, 0.25) is 5.34 Å². The molecule has 0 aliphatic heterocycles. The maximum Gasteiger partial charge on any atom is 0.361 e. The van der Waals surface area contributed by atoms with Gasteiger partial charge in [-0.2, -0.15) is 0 Å². The van der Waals surface area contributed by atoms with Gasteiger partial charge in [-0.15, -0.1) is 0 Å². The van der Waals surface area contributed by atoms with Crippen molar-refractivity contribution in [1.82, 2.24) is 0 Å². The van der Waals surface area contributed by atoms with E-state index in [4.69, 9.17) is 27.0 Å². The zero-order chi connectivity index (χ0) is 10.2. The fourth-order valence-electron chi connectivity index (χ4n) is 0.653. The Morgan fingerprint density at radius 1 is 1.42 bits per heavy atom. The summed E-state index contributed by atoms with van der Waals surface area (Å²) >= 11 is 0. The highest BCUT2D eigenvalue weighted by molar-refractivity contribution is 7.53. The minimum Gasteiger partial charge on any atom is -0.374 e. The van der Waals surface area contributed by atoms with E-state index >= 15 is 0 Å². The minimum absolute atomic E-state index is 0.708. The van der Waals surface area contributed by atoms with Crippen LogP contribution in [0.2, 0.25) is 0 Å². The summed E-state index contributed by atoms with van der Waals surface area (Å²) in [5.74, 6) is 0. The molecule has 0 aromatic rings. The topological polar surface area (TPSA) is 156 Å². The second-order valence-electron chi connectivity index (χ2n) is 2.85. The first kappa shape index (κ1) is 12.0. The third-order valence-electron chi connectivity index (χ3n) is 1.63. The van der Waals surface area contributed by atoms with Crippen LogP contribution in [0.1, 0.15) is 6.92 Å². The zero-order valence-electron chi connectivity index (χ0n) is 6.64. The van der Waals surface area contributed by atoms with Gasteiger partial charge in [0, 0.05) is 6.54 Å². The van der Waals surface area contributed by atoms with Gasteiger partial charge in [-0.25, -0.2) is 0 Å². The lowest BCUT2D eigenvalue weighted by molar-refractivity contribution is 0.0335. The van der Waals surface area contributed by atoms with Crippen LogP contribution in [-0.4, -0.2) is 32.4 Å². The van der Waals surface area contributed by atoms with Crippen LogP contribution >= 0.6 is 7.60 Å². The van der Waals surface area contributed by atoms with Crippen molar-refractivity contribution >= 4 is 7.60 Å². The van der Waals surface area contributed by atoms with Gasteiger partial charge in [-0.05, 0) is 6.92 Å². The van der Waals surface area contributed by atoms with Gasteiger partial charge >= 0.3 is 7.60 Å². The Morgan fingerprint density at radius 2 is 1.75 bits per heavy atom. The molecular formula is C4H14N3O4P. The lowest BCUT2D eigenvalue weighted by Crippen LogP contribution is -2.67. The van der Waals surface area contributed by atoms with E-state index in [-0.39, 0.29) is 0 Å². The molecule has 1 atom stereocenters. The fourth-order valence-corrected chi connectivity index (χ4v) is 1.52. The molecule has 0 aromatic heterocycles. The van der Waals surface area contributed by atoms with E-state index in [0.29, 0.717) is 0 Å². The van der Waals surface area contributed by atoms with Crippen molar-refractivity contribution in [3.05, 3.63) is 0 Å². The van der Waals surface area contributed by atoms with E-state index < -0.39 is 25.1 Å². The summed E-state index contributed by atoms with van der Waals surface area (Å²) in [6.07, 6.45) is 0. The second-order valence-corrected chi connectivity index (χ2v) is 4.68. The number of aliphatic hydroxyl groups is 1. The molecule has 8 heteroatoms. The highest BCUT2D eigenvalue weighted by Crippen LogP contribution is 2.51. The molecule has 9 N–H and O–H groups in total. The molecule has 0 aliphatic carbocycles. The van der Waals surface area contributed by atoms with Crippen molar-refractivity contribution in [3.63, 3.8) is 0 Å². The number of nitrogens with two attached hydrogens (primary N) is 3. The SMILES string of the molecule is CC(N)(N)C(O)(CN)P(=O)(O)O. The van der Waals surface area contributed by atoms with Crippen LogP contribution in [-0.2, 0) is 4.57 Å². The molecule has 0 fully saturated rings. The van der Waals surface area contributed by atoms with Crippen LogP contribution in [0.3, 0.4) is 0 Å². The molecule has 74 valence electrons. The molecule has 0 aromatic carbocycles. The smallest absolute Gasteiger partial charge is 0.361 e. The molecule has 0 radical (unpaired) electrons. The molecule has 1 unspecified atom stereocenters. The molecule has 7 nitrogen and oxygen atoms in total. The third kappa shape index (κ3) is 1.83. The average molecular weight is 199 g/mol. The summed E-state index contributed by atoms with van der Waals surface area (Å²) in [5, 5.41) is 6.77. The minimum atomic E-state index is -4.83. The third-order valence-corrected chi connectivity index (χ3v) is 3.26. The van der Waals surface area contributed by atoms with Crippen molar-refractivity contribution in [1.29, 1.82) is 0 Å². The average Bonchev–Trinajstić information content (AvgIpc) is 1.81. The van der Waals surface area contributed by atoms with Crippen LogP contribution in [0, 0.1) is 0 Å². The largest absolute Gasteiger partial charge is 0.374 e. The zero-order valence-corrected chi connectivity index (χ0v) is 7.53. The Balaban J connectivity index is 5.10. The van der Waals surface area contributed by atoms with E-state index in [2.05, 4.69) is 0 Å². The van der Waals surface area contributed by atoms with Gasteiger partial charge in [-0.1, -0.05) is 0 Å². The van der Waals surface area contributed by atoms with E-state index in [1.165, 1.54) is 0 Å². The van der Waals surface area contributed by atoms with E-state index in [9.17, 15) is 9.67 Å². The molecule has 0 saturated carbocycles.